The van der Waals surface area contributed by atoms with Gasteiger partial charge in [-0.1, -0.05) is 32.1 Å². The van der Waals surface area contributed by atoms with Crippen molar-refractivity contribution in [3.8, 4) is 0 Å². The van der Waals surface area contributed by atoms with Gasteiger partial charge in [-0.2, -0.15) is 0 Å². The minimum absolute atomic E-state index is 0.0931. The number of carbonyl (C=O) groups is 1. The second-order valence-corrected chi connectivity index (χ2v) is 7.70. The Morgan fingerprint density at radius 3 is 2.24 bits per heavy atom. The lowest BCUT2D eigenvalue weighted by Gasteiger charge is -2.30. The van der Waals surface area contributed by atoms with Crippen molar-refractivity contribution < 1.29 is 4.79 Å². The maximum Gasteiger partial charge on any atom is 0.238 e. The summed E-state index contributed by atoms with van der Waals surface area (Å²) < 4.78 is 0. The summed E-state index contributed by atoms with van der Waals surface area (Å²) in [6.07, 6.45) is 11.7. The van der Waals surface area contributed by atoms with Crippen LogP contribution in [0.25, 0.3) is 0 Å². The normalized spacial score (nSPS) is 19.7. The van der Waals surface area contributed by atoms with Crippen LogP contribution in [0.15, 0.2) is 24.3 Å². The molecule has 2 fully saturated rings. The van der Waals surface area contributed by atoms with Gasteiger partial charge in [0.15, 0.2) is 0 Å². The minimum Gasteiger partial charge on any atom is -0.372 e. The Balaban J connectivity index is 1.49. The Labute approximate surface area is 152 Å². The highest BCUT2D eigenvalue weighted by molar-refractivity contribution is 5.92. The van der Waals surface area contributed by atoms with Crippen LogP contribution >= 0.6 is 0 Å². The lowest BCUT2D eigenvalue weighted by Crippen LogP contribution is -2.39. The van der Waals surface area contributed by atoms with Crippen LogP contribution in [0.5, 0.6) is 0 Å². The molecular formula is C21H33N3O. The van der Waals surface area contributed by atoms with Crippen molar-refractivity contribution in [1.82, 2.24) is 4.90 Å². The zero-order chi connectivity index (χ0) is 17.5. The fourth-order valence-electron chi connectivity index (χ4n) is 4.16. The first kappa shape index (κ1) is 18.2. The van der Waals surface area contributed by atoms with Crippen molar-refractivity contribution in [3.63, 3.8) is 0 Å². The number of anilines is 2. The number of benzene rings is 1. The SMILES string of the molecule is CN(CC(=O)Nc1ccc(N2CCCCCC2)cc1)C1CCCCC1. The highest BCUT2D eigenvalue weighted by Crippen LogP contribution is 2.23. The lowest BCUT2D eigenvalue weighted by molar-refractivity contribution is -0.117. The topological polar surface area (TPSA) is 35.6 Å². The van der Waals surface area contributed by atoms with Crippen LogP contribution in [0.2, 0.25) is 0 Å². The molecule has 138 valence electrons. The van der Waals surface area contributed by atoms with Gasteiger partial charge in [0.2, 0.25) is 5.91 Å². The second kappa shape index (κ2) is 9.23. The van der Waals surface area contributed by atoms with E-state index < -0.39 is 0 Å². The zero-order valence-electron chi connectivity index (χ0n) is 15.7. The molecule has 1 N–H and O–H groups in total. The second-order valence-electron chi connectivity index (χ2n) is 7.70. The standard InChI is InChI=1S/C21H33N3O/c1-23(19-9-5-4-6-10-19)17-21(25)22-18-11-13-20(14-12-18)24-15-7-2-3-8-16-24/h11-14,19H,2-10,15-17H2,1H3,(H,22,25). The summed E-state index contributed by atoms with van der Waals surface area (Å²) in [6, 6.07) is 8.94. The van der Waals surface area contributed by atoms with E-state index in [0.717, 1.165) is 18.8 Å². The van der Waals surface area contributed by atoms with E-state index in [-0.39, 0.29) is 5.91 Å². The Bertz CT molecular complexity index is 529. The van der Waals surface area contributed by atoms with Gasteiger partial charge in [0.25, 0.3) is 0 Å². The van der Waals surface area contributed by atoms with E-state index in [1.165, 1.54) is 63.5 Å². The number of nitrogens with one attached hydrogen (secondary N) is 1. The summed E-state index contributed by atoms with van der Waals surface area (Å²) >= 11 is 0. The van der Waals surface area contributed by atoms with E-state index in [1.807, 2.05) is 12.1 Å². The zero-order valence-corrected chi connectivity index (χ0v) is 15.7. The molecule has 2 aliphatic rings. The Kier molecular flexibility index (Phi) is 6.74. The summed E-state index contributed by atoms with van der Waals surface area (Å²) in [4.78, 5) is 17.0. The highest BCUT2D eigenvalue weighted by Gasteiger charge is 2.19. The number of amides is 1. The molecule has 0 radical (unpaired) electrons. The summed E-state index contributed by atoms with van der Waals surface area (Å²) in [6.45, 7) is 2.79. The summed E-state index contributed by atoms with van der Waals surface area (Å²) in [5.74, 6) is 0.0931. The molecular weight excluding hydrogens is 310 g/mol. The summed E-state index contributed by atoms with van der Waals surface area (Å²) in [5.41, 5.74) is 2.18. The largest absolute Gasteiger partial charge is 0.372 e. The van der Waals surface area contributed by atoms with Crippen molar-refractivity contribution in [1.29, 1.82) is 0 Å². The maximum absolute atomic E-state index is 12.3. The van der Waals surface area contributed by atoms with E-state index in [9.17, 15) is 4.79 Å². The van der Waals surface area contributed by atoms with Crippen molar-refractivity contribution in [3.05, 3.63) is 24.3 Å². The third kappa shape index (κ3) is 5.46. The molecule has 1 aliphatic heterocycles. The van der Waals surface area contributed by atoms with Gasteiger partial charge in [-0.3, -0.25) is 9.69 Å². The fraction of sp³-hybridized carbons (Fsp3) is 0.667. The van der Waals surface area contributed by atoms with E-state index in [1.54, 1.807) is 0 Å². The number of hydrogen-bond acceptors (Lipinski definition) is 3. The third-order valence-corrected chi connectivity index (χ3v) is 5.71. The summed E-state index contributed by atoms with van der Waals surface area (Å²) in [5, 5.41) is 3.06. The van der Waals surface area contributed by atoms with E-state index >= 15 is 0 Å². The number of rotatable bonds is 5. The van der Waals surface area contributed by atoms with Crippen LogP contribution in [0.4, 0.5) is 11.4 Å². The molecule has 1 heterocycles. The Morgan fingerprint density at radius 2 is 1.60 bits per heavy atom. The van der Waals surface area contributed by atoms with Gasteiger partial charge in [-0.05, 0) is 57.0 Å². The number of likely N-dealkylation sites (N-methyl/N-ethyl adjacent to an activating group) is 1. The van der Waals surface area contributed by atoms with E-state index in [4.69, 9.17) is 0 Å². The van der Waals surface area contributed by atoms with Gasteiger partial charge in [0.1, 0.15) is 0 Å². The molecule has 0 aromatic heterocycles. The molecule has 4 heteroatoms. The molecule has 1 saturated heterocycles. The van der Waals surface area contributed by atoms with E-state index in [2.05, 4.69) is 34.3 Å². The summed E-state index contributed by atoms with van der Waals surface area (Å²) in [7, 11) is 2.08. The number of carbonyl (C=O) groups excluding carboxylic acids is 1. The maximum atomic E-state index is 12.3. The van der Waals surface area contributed by atoms with Crippen LogP contribution in [0.3, 0.4) is 0 Å². The van der Waals surface area contributed by atoms with Crippen LogP contribution in [-0.2, 0) is 4.79 Å². The smallest absolute Gasteiger partial charge is 0.238 e. The monoisotopic (exact) mass is 343 g/mol. The van der Waals surface area contributed by atoms with Crippen LogP contribution in [0.1, 0.15) is 57.8 Å². The van der Waals surface area contributed by atoms with Gasteiger partial charge >= 0.3 is 0 Å². The number of hydrogen-bond donors (Lipinski definition) is 1. The molecule has 25 heavy (non-hydrogen) atoms. The third-order valence-electron chi connectivity index (χ3n) is 5.71. The average Bonchev–Trinajstić information content (AvgIpc) is 2.92. The quantitative estimate of drug-likeness (QED) is 0.867. The first-order valence-electron chi connectivity index (χ1n) is 10.1. The first-order valence-corrected chi connectivity index (χ1v) is 10.1. The van der Waals surface area contributed by atoms with Crippen molar-refractivity contribution in [2.24, 2.45) is 0 Å². The lowest BCUT2D eigenvalue weighted by atomic mass is 9.94. The van der Waals surface area contributed by atoms with Crippen molar-refractivity contribution in [2.75, 3.05) is 36.9 Å². The predicted octanol–water partition coefficient (Wildman–Crippen LogP) is 4.27. The van der Waals surface area contributed by atoms with Gasteiger partial charge in [0, 0.05) is 30.5 Å². The van der Waals surface area contributed by atoms with Gasteiger partial charge in [-0.15, -0.1) is 0 Å². The van der Waals surface area contributed by atoms with Crippen molar-refractivity contribution in [2.45, 2.75) is 63.8 Å². The van der Waals surface area contributed by atoms with Gasteiger partial charge in [0.05, 0.1) is 6.54 Å². The predicted molar refractivity (Wildman–Crippen MR) is 105 cm³/mol. The average molecular weight is 344 g/mol. The highest BCUT2D eigenvalue weighted by atomic mass is 16.2. The van der Waals surface area contributed by atoms with Gasteiger partial charge in [-0.25, -0.2) is 0 Å². The van der Waals surface area contributed by atoms with Crippen LogP contribution in [0, 0.1) is 0 Å². The van der Waals surface area contributed by atoms with Crippen LogP contribution in [-0.4, -0.2) is 43.5 Å². The molecule has 1 aromatic carbocycles. The fourth-order valence-corrected chi connectivity index (χ4v) is 4.16. The number of nitrogens with zero attached hydrogens (tertiary/aromatic N) is 2. The van der Waals surface area contributed by atoms with Crippen molar-refractivity contribution >= 4 is 17.3 Å². The molecule has 3 rings (SSSR count). The molecule has 0 unspecified atom stereocenters. The molecule has 0 bridgehead atoms. The molecule has 4 nitrogen and oxygen atoms in total. The molecule has 0 spiro atoms. The molecule has 1 amide bonds. The van der Waals surface area contributed by atoms with Crippen LogP contribution < -0.4 is 10.2 Å². The minimum atomic E-state index is 0.0931. The Morgan fingerprint density at radius 1 is 1.00 bits per heavy atom. The van der Waals surface area contributed by atoms with E-state index in [0.29, 0.717) is 12.6 Å². The first-order chi connectivity index (χ1) is 12.2. The Hall–Kier alpha value is -1.55. The molecule has 1 aliphatic carbocycles. The van der Waals surface area contributed by atoms with Gasteiger partial charge < -0.3 is 10.2 Å². The molecule has 1 aromatic rings. The molecule has 0 atom stereocenters. The molecule has 1 saturated carbocycles.